The van der Waals surface area contributed by atoms with Crippen molar-refractivity contribution < 1.29 is 4.79 Å². The van der Waals surface area contributed by atoms with E-state index in [1.807, 2.05) is 91.9 Å². The molecule has 0 fully saturated rings. The van der Waals surface area contributed by atoms with E-state index in [9.17, 15) is 4.79 Å². The minimum atomic E-state index is -0.142. The highest BCUT2D eigenvalue weighted by Gasteiger charge is 2.07. The fourth-order valence-corrected chi connectivity index (χ4v) is 2.96. The largest absolute Gasteiger partial charge is 0.340 e. The molecule has 29 heavy (non-hydrogen) atoms. The molecule has 5 nitrogen and oxygen atoms in total. The molecule has 0 aliphatic heterocycles. The molecule has 4 rings (SSSR count). The van der Waals surface area contributed by atoms with Crippen LogP contribution in [0.25, 0.3) is 11.1 Å². The molecule has 3 aromatic carbocycles. The van der Waals surface area contributed by atoms with Crippen LogP contribution in [0.5, 0.6) is 0 Å². The van der Waals surface area contributed by atoms with E-state index in [0.29, 0.717) is 5.56 Å². The lowest BCUT2D eigenvalue weighted by Crippen LogP contribution is -2.11. The van der Waals surface area contributed by atoms with E-state index in [0.717, 1.165) is 34.0 Å². The van der Waals surface area contributed by atoms with Gasteiger partial charge in [0.25, 0.3) is 5.91 Å². The predicted octanol–water partition coefficient (Wildman–Crippen LogP) is 5.45. The van der Waals surface area contributed by atoms with Crippen molar-refractivity contribution in [1.29, 1.82) is 0 Å². The lowest BCUT2D eigenvalue weighted by atomic mass is 10.0. The van der Waals surface area contributed by atoms with Gasteiger partial charge in [0.05, 0.1) is 0 Å². The summed E-state index contributed by atoms with van der Waals surface area (Å²) in [6, 6.07) is 27.0. The third kappa shape index (κ3) is 4.65. The number of hydrogen-bond acceptors (Lipinski definition) is 4. The summed E-state index contributed by atoms with van der Waals surface area (Å²) in [5.41, 5.74) is 5.33. The zero-order valence-corrected chi connectivity index (χ0v) is 16.0. The summed E-state index contributed by atoms with van der Waals surface area (Å²) in [5, 5.41) is 6.14. The van der Waals surface area contributed by atoms with Gasteiger partial charge in [0.15, 0.2) is 0 Å². The molecule has 4 aromatic rings. The van der Waals surface area contributed by atoms with E-state index in [1.54, 1.807) is 0 Å². The van der Waals surface area contributed by atoms with Crippen LogP contribution in [-0.4, -0.2) is 15.9 Å². The lowest BCUT2D eigenvalue weighted by molar-refractivity contribution is 0.102. The van der Waals surface area contributed by atoms with Gasteiger partial charge in [-0.3, -0.25) is 4.79 Å². The van der Waals surface area contributed by atoms with Crippen molar-refractivity contribution in [2.75, 3.05) is 10.6 Å². The van der Waals surface area contributed by atoms with Gasteiger partial charge in [0.2, 0.25) is 0 Å². The molecule has 0 saturated heterocycles. The Morgan fingerprint density at radius 1 is 0.759 bits per heavy atom. The van der Waals surface area contributed by atoms with Crippen molar-refractivity contribution in [3.05, 3.63) is 103 Å². The van der Waals surface area contributed by atoms with Gasteiger partial charge in [-0.05, 0) is 54.4 Å². The second-order valence-electron chi connectivity index (χ2n) is 6.64. The molecule has 1 amide bonds. The van der Waals surface area contributed by atoms with Crippen molar-refractivity contribution in [3.8, 4) is 11.1 Å². The maximum Gasteiger partial charge on any atom is 0.255 e. The Labute approximate surface area is 169 Å². The second kappa shape index (κ2) is 8.35. The fourth-order valence-electron chi connectivity index (χ4n) is 2.96. The second-order valence-corrected chi connectivity index (χ2v) is 6.64. The normalized spacial score (nSPS) is 10.4. The molecule has 5 heteroatoms. The number of amides is 1. The van der Waals surface area contributed by atoms with Gasteiger partial charge in [0.1, 0.15) is 12.1 Å². The predicted molar refractivity (Wildman–Crippen MR) is 116 cm³/mol. The highest BCUT2D eigenvalue weighted by atomic mass is 16.1. The summed E-state index contributed by atoms with van der Waals surface area (Å²) in [6.07, 6.45) is 1.52. The number of carbonyl (C=O) groups is 1. The summed E-state index contributed by atoms with van der Waals surface area (Å²) < 4.78 is 0. The Kier molecular flexibility index (Phi) is 5.29. The van der Waals surface area contributed by atoms with Crippen molar-refractivity contribution in [1.82, 2.24) is 9.97 Å². The van der Waals surface area contributed by atoms with Crippen LogP contribution in [0.3, 0.4) is 0 Å². The SMILES string of the molecule is Cc1cc(Nc2ccc(NC(=O)c3ccc(-c4ccccc4)cc3)cc2)ncn1. The number of nitrogens with zero attached hydrogens (tertiary/aromatic N) is 2. The monoisotopic (exact) mass is 380 g/mol. The summed E-state index contributed by atoms with van der Waals surface area (Å²) in [4.78, 5) is 20.8. The van der Waals surface area contributed by atoms with Crippen molar-refractivity contribution in [2.45, 2.75) is 6.92 Å². The molecule has 1 aromatic heterocycles. The Morgan fingerprint density at radius 3 is 2.10 bits per heavy atom. The number of aromatic nitrogens is 2. The number of rotatable bonds is 5. The van der Waals surface area contributed by atoms with Gasteiger partial charge in [0, 0.05) is 28.7 Å². The van der Waals surface area contributed by atoms with Crippen LogP contribution in [0.4, 0.5) is 17.2 Å². The summed E-state index contributed by atoms with van der Waals surface area (Å²) in [5.74, 6) is 0.588. The smallest absolute Gasteiger partial charge is 0.255 e. The van der Waals surface area contributed by atoms with Gasteiger partial charge >= 0.3 is 0 Å². The van der Waals surface area contributed by atoms with Gasteiger partial charge in [-0.15, -0.1) is 0 Å². The zero-order chi connectivity index (χ0) is 20.1. The van der Waals surface area contributed by atoms with Crippen molar-refractivity contribution >= 4 is 23.1 Å². The van der Waals surface area contributed by atoms with E-state index in [-0.39, 0.29) is 5.91 Å². The van der Waals surface area contributed by atoms with Gasteiger partial charge < -0.3 is 10.6 Å². The first kappa shape index (κ1) is 18.4. The first-order valence-corrected chi connectivity index (χ1v) is 9.30. The van der Waals surface area contributed by atoms with Crippen molar-refractivity contribution in [2.24, 2.45) is 0 Å². The number of nitrogens with one attached hydrogen (secondary N) is 2. The molecule has 0 atom stereocenters. The summed E-state index contributed by atoms with van der Waals surface area (Å²) in [7, 11) is 0. The molecular formula is C24H20N4O. The molecule has 0 aliphatic rings. The molecule has 0 spiro atoms. The molecule has 0 unspecified atom stereocenters. The average Bonchev–Trinajstić information content (AvgIpc) is 2.76. The number of benzene rings is 3. The van der Waals surface area contributed by atoms with Crippen LogP contribution in [0.1, 0.15) is 16.1 Å². The van der Waals surface area contributed by atoms with E-state index >= 15 is 0 Å². The Balaban J connectivity index is 1.40. The Bertz CT molecular complexity index is 1110. The number of carbonyl (C=O) groups excluding carboxylic acids is 1. The molecule has 142 valence electrons. The minimum absolute atomic E-state index is 0.142. The van der Waals surface area contributed by atoms with Gasteiger partial charge in [-0.25, -0.2) is 9.97 Å². The number of anilines is 3. The Morgan fingerprint density at radius 2 is 1.41 bits per heavy atom. The van der Waals surface area contributed by atoms with Crippen LogP contribution < -0.4 is 10.6 Å². The maximum atomic E-state index is 12.5. The van der Waals surface area contributed by atoms with Crippen LogP contribution in [0.15, 0.2) is 91.3 Å². The van der Waals surface area contributed by atoms with Crippen LogP contribution in [0.2, 0.25) is 0 Å². The quantitative estimate of drug-likeness (QED) is 0.483. The average molecular weight is 380 g/mol. The lowest BCUT2D eigenvalue weighted by Gasteiger charge is -2.09. The third-order valence-corrected chi connectivity index (χ3v) is 4.47. The molecule has 1 heterocycles. The van der Waals surface area contributed by atoms with E-state index in [1.165, 1.54) is 6.33 Å². The first-order chi connectivity index (χ1) is 14.2. The van der Waals surface area contributed by atoms with Gasteiger partial charge in [-0.1, -0.05) is 42.5 Å². The zero-order valence-electron chi connectivity index (χ0n) is 16.0. The highest BCUT2D eigenvalue weighted by Crippen LogP contribution is 2.21. The molecule has 0 radical (unpaired) electrons. The van der Waals surface area contributed by atoms with Crippen molar-refractivity contribution in [3.63, 3.8) is 0 Å². The summed E-state index contributed by atoms with van der Waals surface area (Å²) >= 11 is 0. The molecule has 0 saturated carbocycles. The molecule has 0 bridgehead atoms. The summed E-state index contributed by atoms with van der Waals surface area (Å²) in [6.45, 7) is 1.91. The van der Waals surface area contributed by atoms with E-state index in [4.69, 9.17) is 0 Å². The minimum Gasteiger partial charge on any atom is -0.340 e. The third-order valence-electron chi connectivity index (χ3n) is 4.47. The first-order valence-electron chi connectivity index (χ1n) is 9.30. The topological polar surface area (TPSA) is 66.9 Å². The van der Waals surface area contributed by atoms with Gasteiger partial charge in [-0.2, -0.15) is 0 Å². The van der Waals surface area contributed by atoms with Crippen LogP contribution in [0, 0.1) is 6.92 Å². The Hall–Kier alpha value is -3.99. The number of aryl methyl sites for hydroxylation is 1. The molecule has 0 aliphatic carbocycles. The van der Waals surface area contributed by atoms with E-state index in [2.05, 4.69) is 20.6 Å². The molecular weight excluding hydrogens is 360 g/mol. The fraction of sp³-hybridized carbons (Fsp3) is 0.0417. The van der Waals surface area contributed by atoms with Crippen LogP contribution in [-0.2, 0) is 0 Å². The number of hydrogen-bond donors (Lipinski definition) is 2. The highest BCUT2D eigenvalue weighted by molar-refractivity contribution is 6.04. The van der Waals surface area contributed by atoms with E-state index < -0.39 is 0 Å². The van der Waals surface area contributed by atoms with Crippen LogP contribution >= 0.6 is 0 Å². The standard InChI is InChI=1S/C24H20N4O/c1-17-15-23(26-16-25-17)27-21-11-13-22(14-12-21)28-24(29)20-9-7-19(8-10-20)18-5-3-2-4-6-18/h2-16H,1H3,(H,28,29)(H,25,26,27). The molecule has 2 N–H and O–H groups in total. The maximum absolute atomic E-state index is 12.5.